The molecular formula is C21H19ClN4O3S. The molecule has 0 saturated heterocycles. The van der Waals surface area contributed by atoms with Gasteiger partial charge >= 0.3 is 0 Å². The summed E-state index contributed by atoms with van der Waals surface area (Å²) in [4.78, 5) is 13.3. The molecule has 30 heavy (non-hydrogen) atoms. The highest BCUT2D eigenvalue weighted by molar-refractivity contribution is 8.00. The van der Waals surface area contributed by atoms with Crippen molar-refractivity contribution in [2.24, 2.45) is 5.10 Å². The van der Waals surface area contributed by atoms with Crippen LogP contribution in [0.5, 0.6) is 0 Å². The predicted octanol–water partition coefficient (Wildman–Crippen LogP) is 5.05. The van der Waals surface area contributed by atoms with Crippen molar-refractivity contribution in [2.45, 2.75) is 48.6 Å². The van der Waals surface area contributed by atoms with E-state index in [9.17, 15) is 4.79 Å². The second kappa shape index (κ2) is 7.92. The van der Waals surface area contributed by atoms with Crippen LogP contribution in [0.4, 0.5) is 0 Å². The molecule has 1 aromatic carbocycles. The van der Waals surface area contributed by atoms with E-state index in [1.807, 2.05) is 43.3 Å². The van der Waals surface area contributed by atoms with Gasteiger partial charge in [0.15, 0.2) is 0 Å². The fraction of sp³-hybridized carbons (Fsp3) is 0.333. The minimum atomic E-state index is -0.441. The zero-order chi connectivity index (χ0) is 20.7. The van der Waals surface area contributed by atoms with Crippen molar-refractivity contribution < 1.29 is 13.6 Å². The number of rotatable bonds is 6. The van der Waals surface area contributed by atoms with Crippen LogP contribution in [0, 0.1) is 0 Å². The van der Waals surface area contributed by atoms with Crippen LogP contribution >= 0.6 is 23.4 Å². The highest BCUT2D eigenvalue weighted by Gasteiger charge is 2.37. The fourth-order valence-electron chi connectivity index (χ4n) is 3.38. The van der Waals surface area contributed by atoms with Crippen molar-refractivity contribution in [1.29, 1.82) is 0 Å². The number of hydrogen-bond acceptors (Lipinski definition) is 7. The van der Waals surface area contributed by atoms with Crippen LogP contribution in [0.3, 0.4) is 0 Å². The number of carbonyl (C=O) groups excluding carboxylic acids is 1. The number of nitrogens with zero attached hydrogens (tertiary/aromatic N) is 4. The standard InChI is InChI=1S/C21H19ClN4O3S/c1-12(30-21-24-23-19(29-21)14-4-5-14)20(27)26-17(18-3-2-10-28-18)11-16(25-26)13-6-8-15(22)9-7-13/h2-3,6-10,12,14,17H,4-5,11H2,1H3/t12-,17+/m0/s1. The van der Waals surface area contributed by atoms with Gasteiger partial charge in [0.1, 0.15) is 11.8 Å². The van der Waals surface area contributed by atoms with E-state index >= 15 is 0 Å². The second-order valence-corrected chi connectivity index (χ2v) is 9.14. The minimum Gasteiger partial charge on any atom is -0.467 e. The van der Waals surface area contributed by atoms with Crippen LogP contribution in [-0.4, -0.2) is 32.1 Å². The maximum absolute atomic E-state index is 13.3. The Morgan fingerprint density at radius 2 is 2.03 bits per heavy atom. The Labute approximate surface area is 182 Å². The predicted molar refractivity (Wildman–Crippen MR) is 112 cm³/mol. The Balaban J connectivity index is 1.37. The summed E-state index contributed by atoms with van der Waals surface area (Å²) in [6, 6.07) is 10.8. The average Bonchev–Trinajstić information content (AvgIpc) is 3.14. The van der Waals surface area contributed by atoms with E-state index in [0.717, 1.165) is 24.1 Å². The summed E-state index contributed by atoms with van der Waals surface area (Å²) < 4.78 is 11.3. The molecule has 3 heterocycles. The molecule has 0 N–H and O–H groups in total. The van der Waals surface area contributed by atoms with E-state index in [4.69, 9.17) is 20.4 Å². The smallest absolute Gasteiger partial charge is 0.277 e. The molecule has 3 aromatic rings. The first-order valence-electron chi connectivity index (χ1n) is 9.78. The molecule has 2 aromatic heterocycles. The summed E-state index contributed by atoms with van der Waals surface area (Å²) in [6.45, 7) is 1.82. The van der Waals surface area contributed by atoms with E-state index in [-0.39, 0.29) is 11.9 Å². The zero-order valence-electron chi connectivity index (χ0n) is 16.2. The molecule has 1 aliphatic carbocycles. The van der Waals surface area contributed by atoms with Gasteiger partial charge in [-0.2, -0.15) is 5.10 Å². The van der Waals surface area contributed by atoms with Crippen LogP contribution in [-0.2, 0) is 4.79 Å². The normalized spacial score (nSPS) is 19.7. The molecule has 9 heteroatoms. The number of amides is 1. The second-order valence-electron chi connectivity index (χ2n) is 7.41. The van der Waals surface area contributed by atoms with Gasteiger partial charge in [0.05, 0.1) is 17.2 Å². The molecule has 2 atom stereocenters. The maximum Gasteiger partial charge on any atom is 0.277 e. The van der Waals surface area contributed by atoms with Crippen molar-refractivity contribution in [2.75, 3.05) is 0 Å². The number of benzene rings is 1. The van der Waals surface area contributed by atoms with Gasteiger partial charge in [-0.15, -0.1) is 10.2 Å². The first kappa shape index (κ1) is 19.4. The van der Waals surface area contributed by atoms with Crippen LogP contribution in [0.1, 0.15) is 55.4 Å². The van der Waals surface area contributed by atoms with E-state index in [0.29, 0.717) is 34.2 Å². The third-order valence-corrected chi connectivity index (χ3v) is 6.33. The largest absolute Gasteiger partial charge is 0.467 e. The maximum atomic E-state index is 13.3. The highest BCUT2D eigenvalue weighted by Crippen LogP contribution is 2.40. The molecule has 0 bridgehead atoms. The zero-order valence-corrected chi connectivity index (χ0v) is 17.8. The third-order valence-electron chi connectivity index (χ3n) is 5.16. The van der Waals surface area contributed by atoms with Crippen LogP contribution in [0.15, 0.2) is 61.8 Å². The monoisotopic (exact) mass is 442 g/mol. The molecular weight excluding hydrogens is 424 g/mol. The lowest BCUT2D eigenvalue weighted by molar-refractivity contribution is -0.132. The van der Waals surface area contributed by atoms with Gasteiger partial charge < -0.3 is 8.83 Å². The molecule has 1 aliphatic heterocycles. The Hall–Kier alpha value is -2.58. The first-order chi connectivity index (χ1) is 14.6. The lowest BCUT2D eigenvalue weighted by Crippen LogP contribution is -2.33. The van der Waals surface area contributed by atoms with Crippen LogP contribution in [0.25, 0.3) is 0 Å². The lowest BCUT2D eigenvalue weighted by atomic mass is 10.0. The van der Waals surface area contributed by atoms with Crippen molar-refractivity contribution in [1.82, 2.24) is 15.2 Å². The van der Waals surface area contributed by atoms with E-state index in [1.165, 1.54) is 16.8 Å². The number of hydrogen-bond donors (Lipinski definition) is 0. The van der Waals surface area contributed by atoms with Crippen LogP contribution < -0.4 is 0 Å². The van der Waals surface area contributed by atoms with Gasteiger partial charge in [-0.3, -0.25) is 4.79 Å². The van der Waals surface area contributed by atoms with Gasteiger partial charge in [-0.1, -0.05) is 35.5 Å². The van der Waals surface area contributed by atoms with Crippen LogP contribution in [0.2, 0.25) is 5.02 Å². The minimum absolute atomic E-state index is 0.142. The number of carbonyl (C=O) groups is 1. The molecule has 0 spiro atoms. The summed E-state index contributed by atoms with van der Waals surface area (Å²) >= 11 is 7.26. The van der Waals surface area contributed by atoms with Gasteiger partial charge in [0, 0.05) is 17.4 Å². The Kier molecular flexibility index (Phi) is 5.12. The number of halogens is 1. The van der Waals surface area contributed by atoms with Crippen molar-refractivity contribution in [3.05, 3.63) is 64.9 Å². The molecule has 154 valence electrons. The first-order valence-corrected chi connectivity index (χ1v) is 11.0. The summed E-state index contributed by atoms with van der Waals surface area (Å²) in [5, 5.41) is 14.9. The lowest BCUT2D eigenvalue weighted by Gasteiger charge is -2.22. The van der Waals surface area contributed by atoms with Crippen molar-refractivity contribution in [3.63, 3.8) is 0 Å². The van der Waals surface area contributed by atoms with Crippen molar-refractivity contribution >= 4 is 35.0 Å². The Bertz CT molecular complexity index is 1080. The molecule has 5 rings (SSSR count). The quantitative estimate of drug-likeness (QED) is 0.496. The SMILES string of the molecule is C[C@H](Sc1nnc(C2CC2)o1)C(=O)N1N=C(c2ccc(Cl)cc2)C[C@@H]1c1ccco1. The third kappa shape index (κ3) is 3.89. The highest BCUT2D eigenvalue weighted by atomic mass is 35.5. The number of furan rings is 1. The number of thioether (sulfide) groups is 1. The molecule has 7 nitrogen and oxygen atoms in total. The molecule has 0 unspecified atom stereocenters. The van der Waals surface area contributed by atoms with E-state index < -0.39 is 5.25 Å². The van der Waals surface area contributed by atoms with Gasteiger partial charge in [-0.05, 0) is 49.6 Å². The summed E-state index contributed by atoms with van der Waals surface area (Å²) in [6.07, 6.45) is 4.34. The van der Waals surface area contributed by atoms with Gasteiger partial charge in [0.25, 0.3) is 11.1 Å². The molecule has 1 amide bonds. The Morgan fingerprint density at radius 3 is 2.73 bits per heavy atom. The molecule has 1 fully saturated rings. The fourth-order valence-corrected chi connectivity index (χ4v) is 4.24. The van der Waals surface area contributed by atoms with E-state index in [2.05, 4.69) is 15.3 Å². The average molecular weight is 443 g/mol. The molecule has 0 radical (unpaired) electrons. The van der Waals surface area contributed by atoms with Gasteiger partial charge in [0.2, 0.25) is 5.89 Å². The molecule has 2 aliphatic rings. The summed E-state index contributed by atoms with van der Waals surface area (Å²) in [5.41, 5.74) is 1.74. The Morgan fingerprint density at radius 1 is 1.23 bits per heavy atom. The molecule has 1 saturated carbocycles. The van der Waals surface area contributed by atoms with Crippen molar-refractivity contribution in [3.8, 4) is 0 Å². The topological polar surface area (TPSA) is 84.7 Å². The van der Waals surface area contributed by atoms with E-state index in [1.54, 1.807) is 6.26 Å². The number of hydrazone groups is 1. The number of aromatic nitrogens is 2. The summed E-state index contributed by atoms with van der Waals surface area (Å²) in [7, 11) is 0. The van der Waals surface area contributed by atoms with Gasteiger partial charge in [-0.25, -0.2) is 5.01 Å². The summed E-state index contributed by atoms with van der Waals surface area (Å²) in [5.74, 6) is 1.60.